The zero-order valence-electron chi connectivity index (χ0n) is 22.0. The zero-order valence-corrected chi connectivity index (χ0v) is 23.6. The molecule has 0 amide bonds. The molecule has 0 spiro atoms. The van der Waals surface area contributed by atoms with Crippen molar-refractivity contribution in [3.63, 3.8) is 0 Å². The van der Waals surface area contributed by atoms with Crippen molar-refractivity contribution in [2.24, 2.45) is 0 Å². The van der Waals surface area contributed by atoms with Gasteiger partial charge >= 0.3 is 6.61 Å². The normalized spacial score (nSPS) is 15.4. The second-order valence-electron chi connectivity index (χ2n) is 9.18. The van der Waals surface area contributed by atoms with Crippen LogP contribution in [-0.2, 0) is 14.8 Å². The number of hydrogen-bond acceptors (Lipinski definition) is 5. The minimum absolute atomic E-state index is 0.00656. The molecule has 3 aromatic carbocycles. The molecule has 0 radical (unpaired) electrons. The number of fused-ring (bicyclic) bond motifs is 1. The van der Waals surface area contributed by atoms with Gasteiger partial charge in [0.1, 0.15) is 29.2 Å². The highest BCUT2D eigenvalue weighted by Crippen LogP contribution is 2.41. The number of allylic oxidation sites excluding steroid dienone is 2. The van der Waals surface area contributed by atoms with Gasteiger partial charge in [0.25, 0.3) is 10.0 Å². The topological polar surface area (TPSA) is 65.1 Å². The van der Waals surface area contributed by atoms with Crippen molar-refractivity contribution >= 4 is 39.0 Å². The van der Waals surface area contributed by atoms with Gasteiger partial charge in [0.05, 0.1) is 35.0 Å². The Morgan fingerprint density at radius 2 is 1.90 bits per heavy atom. The minimum Gasteiger partial charge on any atom is -0.502 e. The fourth-order valence-corrected chi connectivity index (χ4v) is 6.23. The summed E-state index contributed by atoms with van der Waals surface area (Å²) >= 11 is 6.16. The molecule has 0 N–H and O–H groups in total. The summed E-state index contributed by atoms with van der Waals surface area (Å²) in [7, 11) is -2.93. The Morgan fingerprint density at radius 3 is 2.59 bits per heavy atom. The molecule has 0 bridgehead atoms. The molecule has 0 fully saturated rings. The van der Waals surface area contributed by atoms with E-state index >= 15 is 4.39 Å². The van der Waals surface area contributed by atoms with Crippen LogP contribution in [0.5, 0.6) is 11.5 Å². The number of hydrogen-bond donors (Lipinski definition) is 0. The molecule has 0 aliphatic carbocycles. The van der Waals surface area contributed by atoms with Gasteiger partial charge in [0.15, 0.2) is 0 Å². The molecule has 1 aliphatic heterocycles. The molecule has 0 unspecified atom stereocenters. The smallest absolute Gasteiger partial charge is 0.387 e. The summed E-state index contributed by atoms with van der Waals surface area (Å²) in [5, 5.41) is 0.121. The van der Waals surface area contributed by atoms with E-state index in [0.29, 0.717) is 24.2 Å². The van der Waals surface area contributed by atoms with Crippen molar-refractivity contribution in [2.45, 2.75) is 37.4 Å². The van der Waals surface area contributed by atoms with Crippen LogP contribution in [0.2, 0.25) is 5.02 Å². The van der Waals surface area contributed by atoms with Gasteiger partial charge in [-0.25, -0.2) is 17.2 Å². The summed E-state index contributed by atoms with van der Waals surface area (Å²) in [6.07, 6.45) is 1.26. The van der Waals surface area contributed by atoms with E-state index in [9.17, 15) is 21.6 Å². The average Bonchev–Trinajstić information content (AvgIpc) is 2.91. The first-order chi connectivity index (χ1) is 19.4. The lowest BCUT2D eigenvalue weighted by Gasteiger charge is -2.36. The highest BCUT2D eigenvalue weighted by molar-refractivity contribution is 7.92. The Morgan fingerprint density at radius 1 is 1.17 bits per heavy atom. The van der Waals surface area contributed by atoms with Crippen LogP contribution in [0, 0.1) is 11.6 Å². The van der Waals surface area contributed by atoms with Gasteiger partial charge in [-0.15, -0.1) is 0 Å². The molecule has 0 saturated carbocycles. The van der Waals surface area contributed by atoms with E-state index in [1.54, 1.807) is 6.92 Å². The molecule has 12 heteroatoms. The third kappa shape index (κ3) is 6.79. The first-order valence-corrected chi connectivity index (χ1v) is 14.1. The summed E-state index contributed by atoms with van der Waals surface area (Å²) in [5.41, 5.74) is 0.324. The number of anilines is 1. The van der Waals surface area contributed by atoms with Crippen LogP contribution in [0.1, 0.15) is 30.9 Å². The Hall–Kier alpha value is -3.70. The molecule has 0 aromatic heterocycles. The molecule has 218 valence electrons. The van der Waals surface area contributed by atoms with E-state index in [-0.39, 0.29) is 44.8 Å². The van der Waals surface area contributed by atoms with Crippen LogP contribution in [-0.4, -0.2) is 34.8 Å². The molecule has 1 aliphatic rings. The minimum atomic E-state index is -4.38. The quantitative estimate of drug-likeness (QED) is 0.134. The van der Waals surface area contributed by atoms with Crippen LogP contribution >= 0.6 is 11.6 Å². The van der Waals surface area contributed by atoms with Crippen LogP contribution in [0.3, 0.4) is 0 Å². The second kappa shape index (κ2) is 12.4. The van der Waals surface area contributed by atoms with E-state index < -0.39 is 34.4 Å². The van der Waals surface area contributed by atoms with Crippen molar-refractivity contribution in [1.82, 2.24) is 0 Å². The zero-order chi connectivity index (χ0) is 29.9. The van der Waals surface area contributed by atoms with Gasteiger partial charge in [-0.05, 0) is 55.3 Å². The summed E-state index contributed by atoms with van der Waals surface area (Å²) in [6, 6.07) is 11.2. The van der Waals surface area contributed by atoms with Crippen molar-refractivity contribution in [2.75, 3.05) is 18.0 Å². The molecule has 3 aromatic rings. The Balaban J connectivity index is 1.81. The summed E-state index contributed by atoms with van der Waals surface area (Å²) in [6.45, 7) is 1.96. The van der Waals surface area contributed by atoms with Crippen LogP contribution in [0.25, 0.3) is 11.6 Å². The Labute approximate surface area is 240 Å². The van der Waals surface area contributed by atoms with E-state index in [0.717, 1.165) is 16.4 Å². The average molecular weight is 612 g/mol. The monoisotopic (exact) mass is 611 g/mol. The van der Waals surface area contributed by atoms with Gasteiger partial charge < -0.3 is 14.2 Å². The molecular weight excluding hydrogens is 586 g/mol. The third-order valence-electron chi connectivity index (χ3n) is 6.39. The number of nitrogens with zero attached hydrogens (tertiary/aromatic N) is 1. The first-order valence-electron chi connectivity index (χ1n) is 12.3. The fraction of sp³-hybridized carbons (Fsp3) is 0.241. The van der Waals surface area contributed by atoms with Crippen LogP contribution < -0.4 is 13.8 Å². The maximum absolute atomic E-state index is 15.3. The lowest BCUT2D eigenvalue weighted by Crippen LogP contribution is -2.43. The largest absolute Gasteiger partial charge is 0.502 e. The summed E-state index contributed by atoms with van der Waals surface area (Å²) < 4.78 is 99.6. The highest BCUT2D eigenvalue weighted by atomic mass is 35.5. The van der Waals surface area contributed by atoms with Gasteiger partial charge in [-0.3, -0.25) is 4.31 Å². The standard InChI is InChI=1S/C29H26ClF4NO5S/c1-17(28-23(30)8-5-9-24(28)31)12-19-13-26-27(15-25(19)32)39-21(11-10-18(2)38-3)16-35(26)41(36,37)22-7-4-6-20(14-22)40-29(33)34/h4-9,12-15,21,29H,2,10-11,16H2,1,3H3/b17-12+/t21-/m0/s1. The maximum atomic E-state index is 15.3. The van der Waals surface area contributed by atoms with E-state index in [2.05, 4.69) is 11.3 Å². The second-order valence-corrected chi connectivity index (χ2v) is 11.4. The van der Waals surface area contributed by atoms with Crippen molar-refractivity contribution in [3.8, 4) is 11.5 Å². The van der Waals surface area contributed by atoms with Gasteiger partial charge in [-0.1, -0.05) is 30.3 Å². The van der Waals surface area contributed by atoms with Crippen LogP contribution in [0.15, 0.2) is 71.8 Å². The lowest BCUT2D eigenvalue weighted by molar-refractivity contribution is -0.0499. The Bertz CT molecular complexity index is 1580. The Kier molecular flexibility index (Phi) is 9.18. The third-order valence-corrected chi connectivity index (χ3v) is 8.48. The van der Waals surface area contributed by atoms with Crippen molar-refractivity contribution in [1.29, 1.82) is 0 Å². The fourth-order valence-electron chi connectivity index (χ4n) is 4.38. The first kappa shape index (κ1) is 30.3. The number of ether oxygens (including phenoxy) is 3. The molecule has 1 heterocycles. The van der Waals surface area contributed by atoms with Crippen molar-refractivity contribution < 1.29 is 40.2 Å². The predicted octanol–water partition coefficient (Wildman–Crippen LogP) is 7.68. The summed E-state index contributed by atoms with van der Waals surface area (Å²) in [4.78, 5) is -0.320. The molecular formula is C29H26ClF4NO5S. The SMILES string of the molecule is C=C(CC[C@H]1CN(S(=O)(=O)c2cccc(OC(F)F)c2)c2cc(/C=C(\C)c3c(F)cccc3Cl)c(F)cc2O1)OC. The van der Waals surface area contributed by atoms with E-state index in [1.165, 1.54) is 55.7 Å². The highest BCUT2D eigenvalue weighted by Gasteiger charge is 2.36. The molecule has 6 nitrogen and oxygen atoms in total. The van der Waals surface area contributed by atoms with E-state index in [1.807, 2.05) is 0 Å². The maximum Gasteiger partial charge on any atom is 0.387 e. The van der Waals surface area contributed by atoms with Gasteiger partial charge in [0.2, 0.25) is 0 Å². The van der Waals surface area contributed by atoms with Gasteiger partial charge in [-0.2, -0.15) is 8.78 Å². The molecule has 0 saturated heterocycles. The van der Waals surface area contributed by atoms with Crippen LogP contribution in [0.4, 0.5) is 23.2 Å². The number of sulfonamides is 1. The lowest BCUT2D eigenvalue weighted by atomic mass is 10.0. The number of rotatable bonds is 10. The predicted molar refractivity (Wildman–Crippen MR) is 149 cm³/mol. The van der Waals surface area contributed by atoms with Gasteiger partial charge in [0, 0.05) is 29.7 Å². The van der Waals surface area contributed by atoms with E-state index in [4.69, 9.17) is 21.1 Å². The number of methoxy groups -OCH3 is 1. The van der Waals surface area contributed by atoms with Crippen molar-refractivity contribution in [3.05, 3.63) is 94.7 Å². The summed E-state index contributed by atoms with van der Waals surface area (Å²) in [5.74, 6) is -1.31. The number of alkyl halides is 2. The number of benzene rings is 3. The number of halogens is 5. The molecule has 41 heavy (non-hydrogen) atoms. The molecule has 1 atom stereocenters. The molecule has 4 rings (SSSR count).